The lowest BCUT2D eigenvalue weighted by molar-refractivity contribution is -0.117. The van der Waals surface area contributed by atoms with Crippen LogP contribution in [0, 0.1) is 0 Å². The number of hydrogen-bond donors (Lipinski definition) is 2. The van der Waals surface area contributed by atoms with E-state index in [2.05, 4.69) is 5.32 Å². The monoisotopic (exact) mass is 496 g/mol. The smallest absolute Gasteiger partial charge is 0.329 e. The van der Waals surface area contributed by atoms with Crippen LogP contribution in [0.5, 0.6) is 17.2 Å². The van der Waals surface area contributed by atoms with Gasteiger partial charge in [-0.05, 0) is 42.5 Å². The van der Waals surface area contributed by atoms with Crippen LogP contribution in [0.3, 0.4) is 0 Å². The summed E-state index contributed by atoms with van der Waals surface area (Å²) in [4.78, 5) is 37.5. The second kappa shape index (κ2) is 8.39. The number of hydrogen-bond acceptors (Lipinski definition) is 6. The number of nitrogens with one attached hydrogen (secondary N) is 1. The molecule has 7 nitrogen and oxygen atoms in total. The third-order valence-corrected chi connectivity index (χ3v) is 6.11. The Morgan fingerprint density at radius 2 is 1.77 bits per heavy atom. The number of rotatable bonds is 5. The number of carbonyl (C=O) groups is 3. The molecule has 31 heavy (non-hydrogen) atoms. The Bertz CT molecular complexity index is 1220. The highest BCUT2D eigenvalue weighted by molar-refractivity contribution is 7.18. The molecule has 1 aliphatic heterocycles. The van der Waals surface area contributed by atoms with Crippen LogP contribution < -0.4 is 15.0 Å². The topological polar surface area (TPSA) is 95.9 Å². The highest BCUT2D eigenvalue weighted by Gasteiger charge is 2.29. The molecule has 0 radical (unpaired) electrons. The molecule has 0 saturated carbocycles. The summed E-state index contributed by atoms with van der Waals surface area (Å²) in [6, 6.07) is 9.55. The molecule has 0 bridgehead atoms. The Morgan fingerprint density at radius 1 is 1.06 bits per heavy atom. The average Bonchev–Trinajstić information content (AvgIpc) is 3.30. The lowest BCUT2D eigenvalue weighted by atomic mass is 10.1. The molecule has 3 amide bonds. The summed E-state index contributed by atoms with van der Waals surface area (Å²) in [5.41, 5.74) is 0.342. The average molecular weight is 498 g/mol. The van der Waals surface area contributed by atoms with Crippen LogP contribution in [0.1, 0.15) is 15.2 Å². The molecule has 0 spiro atoms. The van der Waals surface area contributed by atoms with Gasteiger partial charge in [0, 0.05) is 5.69 Å². The zero-order valence-electron chi connectivity index (χ0n) is 15.3. The number of phenolic OH excluding ortho intramolecular Hbond substituents is 1. The van der Waals surface area contributed by atoms with Gasteiger partial charge in [0.1, 0.15) is 18.0 Å². The molecule has 11 heteroatoms. The first-order valence-corrected chi connectivity index (χ1v) is 10.6. The van der Waals surface area contributed by atoms with Crippen LogP contribution in [0.15, 0.2) is 42.5 Å². The van der Waals surface area contributed by atoms with Crippen molar-refractivity contribution in [3.05, 3.63) is 67.3 Å². The van der Waals surface area contributed by atoms with Crippen molar-refractivity contribution in [1.82, 2.24) is 5.32 Å². The highest BCUT2D eigenvalue weighted by Crippen LogP contribution is 2.41. The third-order valence-electron chi connectivity index (χ3n) is 4.32. The SMILES string of the molecule is O=C1CN(c2cc(Cl)c(Oc3ccc(O)c(C(=O)c4ccc(Cl)s4)c3)c(Cl)c2)C(=O)N1. The third kappa shape index (κ3) is 4.33. The minimum absolute atomic E-state index is 0.0205. The number of halogens is 3. The Hall–Kier alpha value is -2.78. The standard InChI is InChI=1S/C20H11Cl3N2O5S/c21-12-5-9(25-8-17(27)24-20(25)29)6-13(22)19(12)30-10-1-2-14(26)11(7-10)18(28)15-3-4-16(23)31-15/h1-7,26H,8H2,(H,24,27,29). The minimum atomic E-state index is -0.582. The molecule has 3 aromatic rings. The van der Waals surface area contributed by atoms with Crippen molar-refractivity contribution in [1.29, 1.82) is 0 Å². The highest BCUT2D eigenvalue weighted by atomic mass is 35.5. The van der Waals surface area contributed by atoms with Crippen LogP contribution in [0.2, 0.25) is 14.4 Å². The van der Waals surface area contributed by atoms with E-state index in [-0.39, 0.29) is 39.4 Å². The van der Waals surface area contributed by atoms with Gasteiger partial charge in [0.25, 0.3) is 0 Å². The van der Waals surface area contributed by atoms with Crippen LogP contribution in [0.25, 0.3) is 0 Å². The van der Waals surface area contributed by atoms with E-state index in [1.165, 1.54) is 35.2 Å². The summed E-state index contributed by atoms with van der Waals surface area (Å²) in [5.74, 6) is -0.794. The molecule has 1 fully saturated rings. The molecule has 1 aromatic heterocycles. The van der Waals surface area contributed by atoms with Gasteiger partial charge in [0.15, 0.2) is 5.75 Å². The van der Waals surface area contributed by atoms with Gasteiger partial charge in [-0.25, -0.2) is 4.79 Å². The maximum Gasteiger partial charge on any atom is 0.329 e. The fraction of sp³-hybridized carbons (Fsp3) is 0.0500. The number of benzene rings is 2. The number of aromatic hydroxyl groups is 1. The van der Waals surface area contributed by atoms with Crippen LogP contribution in [-0.2, 0) is 4.79 Å². The van der Waals surface area contributed by atoms with Crippen molar-refractivity contribution in [2.45, 2.75) is 0 Å². The predicted molar refractivity (Wildman–Crippen MR) is 118 cm³/mol. The van der Waals surface area contributed by atoms with E-state index >= 15 is 0 Å². The number of phenols is 1. The number of ketones is 1. The molecule has 0 unspecified atom stereocenters. The zero-order chi connectivity index (χ0) is 22.3. The molecule has 2 heterocycles. The first-order chi connectivity index (χ1) is 14.7. The summed E-state index contributed by atoms with van der Waals surface area (Å²) in [7, 11) is 0. The molecular weight excluding hydrogens is 487 g/mol. The van der Waals surface area contributed by atoms with Crippen molar-refractivity contribution in [2.75, 3.05) is 11.4 Å². The second-order valence-electron chi connectivity index (χ2n) is 6.39. The molecule has 1 saturated heterocycles. The lowest BCUT2D eigenvalue weighted by Gasteiger charge is -2.17. The first-order valence-electron chi connectivity index (χ1n) is 8.64. The van der Waals surface area contributed by atoms with Gasteiger partial charge in [-0.2, -0.15) is 0 Å². The van der Waals surface area contributed by atoms with E-state index in [0.717, 1.165) is 11.3 Å². The maximum absolute atomic E-state index is 12.7. The number of thiophene rings is 1. The Morgan fingerprint density at radius 3 is 2.35 bits per heavy atom. The molecule has 0 atom stereocenters. The quantitative estimate of drug-likeness (QED) is 0.359. The normalized spacial score (nSPS) is 13.5. The van der Waals surface area contributed by atoms with Crippen LogP contribution in [0.4, 0.5) is 10.5 Å². The van der Waals surface area contributed by atoms with E-state index in [1.807, 2.05) is 0 Å². The van der Waals surface area contributed by atoms with E-state index in [9.17, 15) is 19.5 Å². The Labute approximate surface area is 194 Å². The summed E-state index contributed by atoms with van der Waals surface area (Å²) >= 11 is 19.6. The van der Waals surface area contributed by atoms with Crippen molar-refractivity contribution >= 4 is 69.5 Å². The molecule has 158 valence electrons. The molecule has 1 aliphatic rings. The summed E-state index contributed by atoms with van der Waals surface area (Å²) in [6.45, 7) is -0.151. The lowest BCUT2D eigenvalue weighted by Crippen LogP contribution is -2.27. The number of anilines is 1. The summed E-state index contributed by atoms with van der Waals surface area (Å²) in [6.07, 6.45) is 0. The van der Waals surface area contributed by atoms with Crippen molar-refractivity contribution in [3.63, 3.8) is 0 Å². The number of ether oxygens (including phenoxy) is 1. The molecular formula is C20H11Cl3N2O5S. The van der Waals surface area contributed by atoms with E-state index < -0.39 is 17.7 Å². The van der Waals surface area contributed by atoms with Gasteiger partial charge in [0.2, 0.25) is 11.7 Å². The maximum atomic E-state index is 12.7. The second-order valence-corrected chi connectivity index (χ2v) is 8.92. The van der Waals surface area contributed by atoms with E-state index in [0.29, 0.717) is 14.9 Å². The number of amides is 3. The van der Waals surface area contributed by atoms with Gasteiger partial charge in [0.05, 0.1) is 24.8 Å². The number of urea groups is 1. The summed E-state index contributed by atoms with van der Waals surface area (Å²) < 4.78 is 6.20. The first kappa shape index (κ1) is 21.5. The van der Waals surface area contributed by atoms with E-state index in [1.54, 1.807) is 12.1 Å². The van der Waals surface area contributed by atoms with Crippen LogP contribution >= 0.6 is 46.1 Å². The molecule has 2 N–H and O–H groups in total. The van der Waals surface area contributed by atoms with Gasteiger partial charge in [-0.3, -0.25) is 19.8 Å². The fourth-order valence-corrected chi connectivity index (χ4v) is 4.45. The van der Waals surface area contributed by atoms with Gasteiger partial charge < -0.3 is 9.84 Å². The molecule has 2 aromatic carbocycles. The Balaban J connectivity index is 1.63. The summed E-state index contributed by atoms with van der Waals surface area (Å²) in [5, 5.41) is 12.5. The van der Waals surface area contributed by atoms with Gasteiger partial charge >= 0.3 is 6.03 Å². The van der Waals surface area contributed by atoms with Crippen molar-refractivity contribution in [3.8, 4) is 17.2 Å². The van der Waals surface area contributed by atoms with Crippen LogP contribution in [-0.4, -0.2) is 29.4 Å². The zero-order valence-corrected chi connectivity index (χ0v) is 18.4. The minimum Gasteiger partial charge on any atom is -0.507 e. The van der Waals surface area contributed by atoms with Gasteiger partial charge in [-0.1, -0.05) is 34.8 Å². The number of carbonyl (C=O) groups excluding carboxylic acids is 3. The number of imide groups is 1. The van der Waals surface area contributed by atoms with Crippen molar-refractivity contribution < 1.29 is 24.2 Å². The van der Waals surface area contributed by atoms with E-state index in [4.69, 9.17) is 39.5 Å². The fourth-order valence-electron chi connectivity index (χ4n) is 2.90. The molecule has 0 aliphatic carbocycles. The predicted octanol–water partition coefficient (Wildman–Crippen LogP) is 5.49. The Kier molecular flexibility index (Phi) is 5.81. The number of nitrogens with zero attached hydrogens (tertiary/aromatic N) is 1. The van der Waals surface area contributed by atoms with Crippen molar-refractivity contribution in [2.24, 2.45) is 0 Å². The molecule has 4 rings (SSSR count). The van der Waals surface area contributed by atoms with Gasteiger partial charge in [-0.15, -0.1) is 11.3 Å². The largest absolute Gasteiger partial charge is 0.507 e.